The minimum absolute atomic E-state index is 0.0199. The smallest absolute Gasteiger partial charge is 0.339 e. The first-order valence-electron chi connectivity index (χ1n) is 6.89. The van der Waals surface area contributed by atoms with Crippen LogP contribution in [0.2, 0.25) is 5.02 Å². The summed E-state index contributed by atoms with van der Waals surface area (Å²) >= 11 is 11.8. The molecular formula is C16H10ClNO4S3. The molecule has 0 saturated carbocycles. The van der Waals surface area contributed by atoms with Gasteiger partial charge in [0.1, 0.15) is 15.0 Å². The summed E-state index contributed by atoms with van der Waals surface area (Å²) in [7, 11) is -4.03. The van der Waals surface area contributed by atoms with E-state index in [0.29, 0.717) is 19.8 Å². The standard InChI is InChI=1S/C16H10ClNO4S3/c17-11-5-7-12(8-6-11)25(20,21)22-13-4-2-1-3-10(13)9-14-15(19)18-16(23)24-14/h1-9H,(H,18,19,23)/b14-9+. The molecule has 1 saturated heterocycles. The first-order valence-corrected chi connectivity index (χ1v) is 9.90. The van der Waals surface area contributed by atoms with E-state index >= 15 is 0 Å². The Morgan fingerprint density at radius 1 is 1.12 bits per heavy atom. The average molecular weight is 412 g/mol. The summed E-state index contributed by atoms with van der Waals surface area (Å²) in [6, 6.07) is 12.2. The monoisotopic (exact) mass is 411 g/mol. The molecule has 0 atom stereocenters. The molecule has 128 valence electrons. The molecule has 1 N–H and O–H groups in total. The summed E-state index contributed by atoms with van der Waals surface area (Å²) in [6.45, 7) is 0. The number of hydrogen-bond donors (Lipinski definition) is 1. The molecule has 2 aromatic rings. The summed E-state index contributed by atoms with van der Waals surface area (Å²) in [4.78, 5) is 12.1. The van der Waals surface area contributed by atoms with Crippen molar-refractivity contribution in [3.63, 3.8) is 0 Å². The number of carbonyl (C=O) groups excluding carboxylic acids is 1. The van der Waals surface area contributed by atoms with E-state index in [4.69, 9.17) is 28.0 Å². The van der Waals surface area contributed by atoms with Gasteiger partial charge >= 0.3 is 10.1 Å². The van der Waals surface area contributed by atoms with Gasteiger partial charge in [-0.1, -0.05) is 53.8 Å². The van der Waals surface area contributed by atoms with E-state index in [2.05, 4.69) is 5.32 Å². The molecule has 5 nitrogen and oxygen atoms in total. The summed E-state index contributed by atoms with van der Waals surface area (Å²) in [6.07, 6.45) is 1.53. The van der Waals surface area contributed by atoms with Crippen LogP contribution in [0.1, 0.15) is 5.56 Å². The first kappa shape index (κ1) is 17.9. The fourth-order valence-corrected chi connectivity index (χ4v) is 4.12. The van der Waals surface area contributed by atoms with Crippen LogP contribution in [0, 0.1) is 0 Å². The van der Waals surface area contributed by atoms with Gasteiger partial charge in [-0.05, 0) is 36.4 Å². The van der Waals surface area contributed by atoms with Gasteiger partial charge in [-0.3, -0.25) is 4.79 Å². The lowest BCUT2D eigenvalue weighted by molar-refractivity contribution is -0.115. The van der Waals surface area contributed by atoms with Crippen LogP contribution in [-0.4, -0.2) is 18.6 Å². The fraction of sp³-hybridized carbons (Fsp3) is 0. The van der Waals surface area contributed by atoms with Gasteiger partial charge in [0.2, 0.25) is 0 Å². The van der Waals surface area contributed by atoms with Crippen LogP contribution >= 0.6 is 35.6 Å². The predicted molar refractivity (Wildman–Crippen MR) is 102 cm³/mol. The van der Waals surface area contributed by atoms with Crippen molar-refractivity contribution in [3.05, 3.63) is 64.0 Å². The molecule has 1 fully saturated rings. The maximum absolute atomic E-state index is 12.4. The zero-order chi connectivity index (χ0) is 18.0. The Bertz CT molecular complexity index is 985. The number of thioether (sulfide) groups is 1. The number of rotatable bonds is 4. The molecule has 25 heavy (non-hydrogen) atoms. The minimum atomic E-state index is -4.03. The maximum atomic E-state index is 12.4. The number of benzene rings is 2. The van der Waals surface area contributed by atoms with Gasteiger partial charge in [-0.2, -0.15) is 8.42 Å². The molecule has 9 heteroatoms. The number of carbonyl (C=O) groups is 1. The Labute approximate surface area is 159 Å². The molecule has 0 bridgehead atoms. The summed E-state index contributed by atoms with van der Waals surface area (Å²) < 4.78 is 30.4. The minimum Gasteiger partial charge on any atom is -0.378 e. The second-order valence-corrected chi connectivity index (χ2v) is 8.58. The van der Waals surface area contributed by atoms with E-state index in [9.17, 15) is 13.2 Å². The van der Waals surface area contributed by atoms with E-state index in [1.165, 1.54) is 36.4 Å². The van der Waals surface area contributed by atoms with Gasteiger partial charge in [0, 0.05) is 10.6 Å². The Balaban J connectivity index is 1.94. The van der Waals surface area contributed by atoms with Crippen LogP contribution < -0.4 is 9.50 Å². The van der Waals surface area contributed by atoms with Crippen molar-refractivity contribution in [2.75, 3.05) is 0 Å². The number of hydrogen-bond acceptors (Lipinski definition) is 6. The molecule has 0 aliphatic carbocycles. The largest absolute Gasteiger partial charge is 0.378 e. The number of para-hydroxylation sites is 1. The molecule has 1 amide bonds. The van der Waals surface area contributed by atoms with Crippen LogP contribution in [0.4, 0.5) is 0 Å². The lowest BCUT2D eigenvalue weighted by Gasteiger charge is -2.10. The zero-order valence-corrected chi connectivity index (χ0v) is 15.6. The highest BCUT2D eigenvalue weighted by atomic mass is 35.5. The van der Waals surface area contributed by atoms with E-state index in [1.807, 2.05) is 0 Å². The van der Waals surface area contributed by atoms with Crippen molar-refractivity contribution in [1.82, 2.24) is 5.32 Å². The summed E-state index contributed by atoms with van der Waals surface area (Å²) in [5, 5.41) is 2.92. The third-order valence-electron chi connectivity index (χ3n) is 3.15. The van der Waals surface area contributed by atoms with Gasteiger partial charge in [0.05, 0.1) is 4.91 Å². The summed E-state index contributed by atoms with van der Waals surface area (Å²) in [5.41, 5.74) is 0.447. The Kier molecular flexibility index (Phi) is 5.14. The van der Waals surface area contributed by atoms with Crippen LogP contribution in [-0.2, 0) is 14.9 Å². The third kappa shape index (κ3) is 4.21. The Morgan fingerprint density at radius 2 is 1.80 bits per heavy atom. The highest BCUT2D eigenvalue weighted by Crippen LogP contribution is 2.30. The van der Waals surface area contributed by atoms with Crippen LogP contribution in [0.25, 0.3) is 6.08 Å². The molecule has 0 radical (unpaired) electrons. The van der Waals surface area contributed by atoms with Crippen LogP contribution in [0.5, 0.6) is 5.75 Å². The van der Waals surface area contributed by atoms with Gasteiger partial charge < -0.3 is 9.50 Å². The average Bonchev–Trinajstić information content (AvgIpc) is 2.87. The molecule has 0 unspecified atom stereocenters. The van der Waals surface area contributed by atoms with E-state index < -0.39 is 10.1 Å². The van der Waals surface area contributed by atoms with Gasteiger partial charge in [0.25, 0.3) is 5.91 Å². The third-order valence-corrected chi connectivity index (χ3v) is 5.81. The second kappa shape index (κ2) is 7.17. The van der Waals surface area contributed by atoms with Crippen molar-refractivity contribution in [3.8, 4) is 5.75 Å². The highest BCUT2D eigenvalue weighted by molar-refractivity contribution is 8.26. The molecule has 1 aliphatic heterocycles. The first-order chi connectivity index (χ1) is 11.8. The molecule has 1 aliphatic rings. The SMILES string of the molecule is O=C1NC(=S)S/C1=C/c1ccccc1OS(=O)(=O)c1ccc(Cl)cc1. The fourth-order valence-electron chi connectivity index (χ4n) is 2.01. The normalized spacial score (nSPS) is 16.1. The van der Waals surface area contributed by atoms with Crippen molar-refractivity contribution in [2.24, 2.45) is 0 Å². The Morgan fingerprint density at radius 3 is 2.44 bits per heavy atom. The van der Waals surface area contributed by atoms with E-state index in [1.54, 1.807) is 18.2 Å². The summed E-state index contributed by atoms with van der Waals surface area (Å²) in [5.74, 6) is -0.221. The second-order valence-electron chi connectivity index (χ2n) is 4.88. The molecule has 2 aromatic carbocycles. The maximum Gasteiger partial charge on any atom is 0.339 e. The van der Waals surface area contributed by atoms with Crippen LogP contribution in [0.3, 0.4) is 0 Å². The van der Waals surface area contributed by atoms with Gasteiger partial charge in [-0.15, -0.1) is 0 Å². The van der Waals surface area contributed by atoms with Crippen molar-refractivity contribution >= 4 is 62.0 Å². The number of halogens is 1. The van der Waals surface area contributed by atoms with Crippen molar-refractivity contribution in [2.45, 2.75) is 4.90 Å². The number of nitrogens with one attached hydrogen (secondary N) is 1. The Hall–Kier alpha value is -1.87. The molecule has 0 spiro atoms. The van der Waals surface area contributed by atoms with Crippen molar-refractivity contribution < 1.29 is 17.4 Å². The van der Waals surface area contributed by atoms with Crippen LogP contribution in [0.15, 0.2) is 58.3 Å². The lowest BCUT2D eigenvalue weighted by Crippen LogP contribution is -2.17. The highest BCUT2D eigenvalue weighted by Gasteiger charge is 2.23. The molecule has 1 heterocycles. The quantitative estimate of drug-likeness (QED) is 0.471. The predicted octanol–water partition coefficient (Wildman–Crippen LogP) is 3.60. The molecule has 3 rings (SSSR count). The van der Waals surface area contributed by atoms with E-state index in [-0.39, 0.29) is 16.6 Å². The molecule has 0 aromatic heterocycles. The molecular weight excluding hydrogens is 402 g/mol. The number of amides is 1. The zero-order valence-electron chi connectivity index (χ0n) is 12.4. The number of thiocarbonyl (C=S) groups is 1. The van der Waals surface area contributed by atoms with Gasteiger partial charge in [-0.25, -0.2) is 0 Å². The van der Waals surface area contributed by atoms with E-state index in [0.717, 1.165) is 11.8 Å². The lowest BCUT2D eigenvalue weighted by atomic mass is 10.2. The van der Waals surface area contributed by atoms with Crippen molar-refractivity contribution in [1.29, 1.82) is 0 Å². The van der Waals surface area contributed by atoms with Gasteiger partial charge in [0.15, 0.2) is 0 Å². The topological polar surface area (TPSA) is 72.5 Å².